The molecule has 0 N–H and O–H groups in total. The van der Waals surface area contributed by atoms with Gasteiger partial charge in [0.2, 0.25) is 0 Å². The van der Waals surface area contributed by atoms with Gasteiger partial charge in [0.25, 0.3) is 0 Å². The fourth-order valence-corrected chi connectivity index (χ4v) is 2.04. The highest BCUT2D eigenvalue weighted by atomic mass is 16.5. The number of hydrogen-bond acceptors (Lipinski definition) is 5. The summed E-state index contributed by atoms with van der Waals surface area (Å²) in [5.41, 5.74) is 0.936. The Kier molecular flexibility index (Phi) is 6.31. The molecule has 0 aromatic heterocycles. The largest absolute Gasteiger partial charge is 0.497 e. The third kappa shape index (κ3) is 4.13. The van der Waals surface area contributed by atoms with E-state index >= 15 is 0 Å². The van der Waals surface area contributed by atoms with Gasteiger partial charge >= 0.3 is 5.97 Å². The maximum absolute atomic E-state index is 11.7. The van der Waals surface area contributed by atoms with Crippen LogP contribution in [0.1, 0.15) is 24.9 Å². The third-order valence-electron chi connectivity index (χ3n) is 3.09. The number of carbonyl (C=O) groups is 1. The van der Waals surface area contributed by atoms with E-state index in [1.807, 2.05) is 37.2 Å². The molecule has 1 aromatic carbocycles. The molecule has 0 bridgehead atoms. The molecule has 0 amide bonds. The maximum Gasteiger partial charge on any atom is 0.307 e. The molecule has 0 saturated carbocycles. The molecule has 0 heterocycles. The minimum Gasteiger partial charge on any atom is -0.497 e. The Morgan fingerprint density at radius 2 is 1.95 bits per heavy atom. The average molecular weight is 281 g/mol. The van der Waals surface area contributed by atoms with Crippen LogP contribution in [0.4, 0.5) is 0 Å². The van der Waals surface area contributed by atoms with Gasteiger partial charge in [-0.15, -0.1) is 0 Å². The molecule has 5 heteroatoms. The van der Waals surface area contributed by atoms with Crippen molar-refractivity contribution in [3.8, 4) is 11.5 Å². The second-order valence-electron chi connectivity index (χ2n) is 4.60. The third-order valence-corrected chi connectivity index (χ3v) is 3.09. The number of carbonyl (C=O) groups excluding carboxylic acids is 1. The fraction of sp³-hybridized carbons (Fsp3) is 0.533. The van der Waals surface area contributed by atoms with Crippen molar-refractivity contribution >= 4 is 5.97 Å². The summed E-state index contributed by atoms with van der Waals surface area (Å²) in [6.45, 7) is 2.19. The van der Waals surface area contributed by atoms with Crippen molar-refractivity contribution in [1.82, 2.24) is 4.90 Å². The molecule has 0 aliphatic heterocycles. The SMILES string of the molecule is CCOC(=O)CC(c1ccc(OC)cc1OC)N(C)C. The lowest BCUT2D eigenvalue weighted by Crippen LogP contribution is -2.24. The first kappa shape index (κ1) is 16.3. The summed E-state index contributed by atoms with van der Waals surface area (Å²) in [5.74, 6) is 1.20. The minimum absolute atomic E-state index is 0.102. The molecule has 0 fully saturated rings. The Morgan fingerprint density at radius 3 is 2.45 bits per heavy atom. The van der Waals surface area contributed by atoms with E-state index < -0.39 is 0 Å². The van der Waals surface area contributed by atoms with Crippen LogP contribution in [0.5, 0.6) is 11.5 Å². The van der Waals surface area contributed by atoms with Crippen LogP contribution in [0.15, 0.2) is 18.2 Å². The molecule has 0 radical (unpaired) electrons. The van der Waals surface area contributed by atoms with E-state index in [0.717, 1.165) is 11.3 Å². The van der Waals surface area contributed by atoms with Gasteiger partial charge in [0, 0.05) is 17.7 Å². The van der Waals surface area contributed by atoms with Crippen LogP contribution in [0.3, 0.4) is 0 Å². The van der Waals surface area contributed by atoms with E-state index in [1.54, 1.807) is 21.1 Å². The number of methoxy groups -OCH3 is 2. The van der Waals surface area contributed by atoms with Gasteiger partial charge in [0.15, 0.2) is 0 Å². The molecule has 0 aliphatic rings. The Labute approximate surface area is 120 Å². The molecular weight excluding hydrogens is 258 g/mol. The number of benzene rings is 1. The normalized spacial score (nSPS) is 12.1. The Morgan fingerprint density at radius 1 is 1.25 bits per heavy atom. The van der Waals surface area contributed by atoms with E-state index in [2.05, 4.69) is 0 Å². The molecular formula is C15H23NO4. The van der Waals surface area contributed by atoms with E-state index in [4.69, 9.17) is 14.2 Å². The Hall–Kier alpha value is -1.75. The zero-order chi connectivity index (χ0) is 15.1. The lowest BCUT2D eigenvalue weighted by molar-refractivity contribution is -0.144. The molecule has 0 spiro atoms. The zero-order valence-electron chi connectivity index (χ0n) is 12.8. The molecule has 0 aliphatic carbocycles. The average Bonchev–Trinajstić information content (AvgIpc) is 2.44. The van der Waals surface area contributed by atoms with Crippen LogP contribution in [0.2, 0.25) is 0 Å². The van der Waals surface area contributed by atoms with Crippen LogP contribution < -0.4 is 9.47 Å². The van der Waals surface area contributed by atoms with Crippen molar-refractivity contribution in [3.05, 3.63) is 23.8 Å². The van der Waals surface area contributed by atoms with Crippen molar-refractivity contribution in [2.45, 2.75) is 19.4 Å². The van der Waals surface area contributed by atoms with E-state index in [1.165, 1.54) is 0 Å². The molecule has 1 atom stereocenters. The molecule has 1 unspecified atom stereocenters. The second-order valence-corrected chi connectivity index (χ2v) is 4.60. The molecule has 1 aromatic rings. The summed E-state index contributed by atoms with van der Waals surface area (Å²) in [4.78, 5) is 13.7. The summed E-state index contributed by atoms with van der Waals surface area (Å²) < 4.78 is 15.6. The van der Waals surface area contributed by atoms with Crippen molar-refractivity contribution in [2.75, 3.05) is 34.9 Å². The lowest BCUT2D eigenvalue weighted by Gasteiger charge is -2.25. The highest BCUT2D eigenvalue weighted by Gasteiger charge is 2.22. The number of ether oxygens (including phenoxy) is 3. The zero-order valence-corrected chi connectivity index (χ0v) is 12.8. The van der Waals surface area contributed by atoms with Crippen LogP contribution in [0.25, 0.3) is 0 Å². The first-order chi connectivity index (χ1) is 9.53. The maximum atomic E-state index is 11.7. The predicted molar refractivity (Wildman–Crippen MR) is 77.2 cm³/mol. The Bertz CT molecular complexity index is 445. The van der Waals surface area contributed by atoms with Crippen molar-refractivity contribution < 1.29 is 19.0 Å². The van der Waals surface area contributed by atoms with Gasteiger partial charge in [-0.05, 0) is 27.1 Å². The van der Waals surface area contributed by atoms with Gasteiger partial charge in [0.1, 0.15) is 11.5 Å². The quantitative estimate of drug-likeness (QED) is 0.717. The van der Waals surface area contributed by atoms with Gasteiger partial charge in [-0.3, -0.25) is 4.79 Å². The number of nitrogens with zero attached hydrogens (tertiary/aromatic N) is 1. The van der Waals surface area contributed by atoms with Crippen molar-refractivity contribution in [1.29, 1.82) is 0 Å². The number of hydrogen-bond donors (Lipinski definition) is 0. The first-order valence-corrected chi connectivity index (χ1v) is 6.57. The smallest absolute Gasteiger partial charge is 0.307 e. The fourth-order valence-electron chi connectivity index (χ4n) is 2.04. The van der Waals surface area contributed by atoms with Crippen LogP contribution in [-0.4, -0.2) is 45.8 Å². The monoisotopic (exact) mass is 281 g/mol. The number of esters is 1. The van der Waals surface area contributed by atoms with Crippen molar-refractivity contribution in [2.24, 2.45) is 0 Å². The predicted octanol–water partition coefficient (Wildman–Crippen LogP) is 2.26. The van der Waals surface area contributed by atoms with E-state index in [9.17, 15) is 4.79 Å². The number of rotatable bonds is 7. The van der Waals surface area contributed by atoms with Crippen LogP contribution in [-0.2, 0) is 9.53 Å². The lowest BCUT2D eigenvalue weighted by atomic mass is 10.0. The molecule has 0 saturated heterocycles. The summed E-state index contributed by atoms with van der Waals surface area (Å²) in [7, 11) is 7.06. The standard InChI is InChI=1S/C15H23NO4/c1-6-20-15(17)10-13(16(2)3)12-8-7-11(18-4)9-14(12)19-5/h7-9,13H,6,10H2,1-5H3. The highest BCUT2D eigenvalue weighted by molar-refractivity contribution is 5.70. The summed E-state index contributed by atoms with van der Waals surface area (Å²) in [6, 6.07) is 5.49. The second kappa shape index (κ2) is 7.75. The first-order valence-electron chi connectivity index (χ1n) is 6.57. The molecule has 112 valence electrons. The molecule has 20 heavy (non-hydrogen) atoms. The van der Waals surface area contributed by atoms with E-state index in [0.29, 0.717) is 12.4 Å². The Balaban J connectivity index is 3.05. The molecule has 5 nitrogen and oxygen atoms in total. The van der Waals surface area contributed by atoms with Gasteiger partial charge in [-0.1, -0.05) is 6.07 Å². The van der Waals surface area contributed by atoms with Crippen molar-refractivity contribution in [3.63, 3.8) is 0 Å². The summed E-state index contributed by atoms with van der Waals surface area (Å²) in [5, 5.41) is 0. The van der Waals surface area contributed by atoms with Gasteiger partial charge in [-0.2, -0.15) is 0 Å². The topological polar surface area (TPSA) is 48.0 Å². The summed E-state index contributed by atoms with van der Waals surface area (Å²) in [6.07, 6.45) is 0.281. The van der Waals surface area contributed by atoms with Gasteiger partial charge in [-0.25, -0.2) is 0 Å². The molecule has 1 rings (SSSR count). The van der Waals surface area contributed by atoms with Gasteiger partial charge in [0.05, 0.1) is 27.2 Å². The van der Waals surface area contributed by atoms with Crippen LogP contribution in [0, 0.1) is 0 Å². The highest BCUT2D eigenvalue weighted by Crippen LogP contribution is 2.33. The summed E-state index contributed by atoms with van der Waals surface area (Å²) >= 11 is 0. The van der Waals surface area contributed by atoms with Gasteiger partial charge < -0.3 is 19.1 Å². The van der Waals surface area contributed by atoms with E-state index in [-0.39, 0.29) is 18.4 Å². The van der Waals surface area contributed by atoms with Crippen LogP contribution >= 0.6 is 0 Å². The minimum atomic E-state index is -0.218.